The van der Waals surface area contributed by atoms with Gasteiger partial charge in [0.05, 0.1) is 27.0 Å². The van der Waals surface area contributed by atoms with Crippen LogP contribution in [0.15, 0.2) is 34.5 Å². The number of benzene rings is 1. The fourth-order valence-corrected chi connectivity index (χ4v) is 5.06. The first-order valence-electron chi connectivity index (χ1n) is 10.6. The lowest BCUT2D eigenvalue weighted by Gasteiger charge is -2.14. The summed E-state index contributed by atoms with van der Waals surface area (Å²) in [4.78, 5) is 27.3. The van der Waals surface area contributed by atoms with Gasteiger partial charge in [0.1, 0.15) is 11.3 Å². The number of carbonyl (C=O) groups is 1. The van der Waals surface area contributed by atoms with Gasteiger partial charge in [0.15, 0.2) is 21.3 Å². The number of alkyl halides is 2. The summed E-state index contributed by atoms with van der Waals surface area (Å²) in [5.74, 6) is -0.757. The normalized spacial score (nSPS) is 14.0. The number of sulfone groups is 1. The Morgan fingerprint density at radius 3 is 2.57 bits per heavy atom. The van der Waals surface area contributed by atoms with Gasteiger partial charge in [-0.15, -0.1) is 11.3 Å². The van der Waals surface area contributed by atoms with Crippen molar-refractivity contribution in [2.45, 2.75) is 31.1 Å². The van der Waals surface area contributed by atoms with Crippen molar-refractivity contribution < 1.29 is 22.0 Å². The van der Waals surface area contributed by atoms with Crippen molar-refractivity contribution in [3.05, 3.63) is 40.5 Å². The van der Waals surface area contributed by atoms with Crippen molar-refractivity contribution in [1.29, 1.82) is 0 Å². The Hall–Kier alpha value is -3.45. The molecule has 3 heterocycles. The van der Waals surface area contributed by atoms with E-state index in [-0.39, 0.29) is 45.1 Å². The van der Waals surface area contributed by atoms with Gasteiger partial charge in [-0.3, -0.25) is 4.79 Å². The lowest BCUT2D eigenvalue weighted by atomic mass is 10.1. The minimum Gasteiger partial charge on any atom is -0.352 e. The third kappa shape index (κ3) is 4.86. The second-order valence-corrected chi connectivity index (χ2v) is 11.3. The van der Waals surface area contributed by atoms with E-state index >= 15 is 0 Å². The van der Waals surface area contributed by atoms with E-state index in [9.17, 15) is 22.0 Å². The summed E-state index contributed by atoms with van der Waals surface area (Å²) in [6.07, 6.45) is -0.229. The molecule has 0 radical (unpaired) electrons. The maximum absolute atomic E-state index is 13.3. The molecule has 1 aliphatic carbocycles. The highest BCUT2D eigenvalue weighted by atomic mass is 32.2. The summed E-state index contributed by atoms with van der Waals surface area (Å²) in [7, 11) is -3.69. The molecule has 13 heteroatoms. The van der Waals surface area contributed by atoms with Gasteiger partial charge in [0.2, 0.25) is 5.91 Å². The van der Waals surface area contributed by atoms with Crippen LogP contribution in [-0.4, -0.2) is 40.5 Å². The van der Waals surface area contributed by atoms with Crippen LogP contribution in [0.4, 0.5) is 26.0 Å². The number of hydrogen-bond acceptors (Lipinski definition) is 8. The number of H-pyrrole nitrogens is 1. The number of aromatic amines is 1. The number of pyridine rings is 1. The van der Waals surface area contributed by atoms with Crippen LogP contribution in [0.25, 0.3) is 22.4 Å². The van der Waals surface area contributed by atoms with E-state index in [1.165, 1.54) is 23.5 Å². The number of nitrogens with zero attached hydrogens (tertiary/aromatic N) is 3. The molecule has 182 valence electrons. The Morgan fingerprint density at radius 2 is 1.94 bits per heavy atom. The van der Waals surface area contributed by atoms with Crippen molar-refractivity contribution >= 4 is 55.4 Å². The SMILES string of the molecule is Cc1nc(-c2ccc(Nc3cc(NC(=O)C4CC4)nc4[nH]c(C(F)F)nc34)c(S(C)(=O)=O)c2)cs1. The number of nitrogens with one attached hydrogen (secondary N) is 3. The standard InChI is InChI=1S/C22H20F2N6O3S2/c1-10-25-15(9-34-10)12-5-6-13(16(7-12)35(2,32)33)26-14-8-17(28-22(31)11-3-4-11)27-20-18(14)29-21(30-20)19(23)24/h5-9,11,19H,3-4H2,1-2H3,(H3,26,27,28,29,30,31). The van der Waals surface area contributed by atoms with Crippen molar-refractivity contribution in [3.63, 3.8) is 0 Å². The molecule has 0 bridgehead atoms. The van der Waals surface area contributed by atoms with Crippen LogP contribution in [0.1, 0.15) is 30.1 Å². The third-order valence-corrected chi connectivity index (χ3v) is 7.35. The fraction of sp³-hybridized carbons (Fsp3) is 0.273. The first kappa shape index (κ1) is 23.3. The summed E-state index contributed by atoms with van der Waals surface area (Å²) in [5.41, 5.74) is 1.82. The molecule has 1 fully saturated rings. The predicted octanol–water partition coefficient (Wildman–Crippen LogP) is 4.82. The summed E-state index contributed by atoms with van der Waals surface area (Å²) >= 11 is 1.45. The van der Waals surface area contributed by atoms with Crippen LogP contribution in [0.3, 0.4) is 0 Å². The van der Waals surface area contributed by atoms with Gasteiger partial charge in [-0.2, -0.15) is 0 Å². The molecule has 0 spiro atoms. The topological polar surface area (TPSA) is 130 Å². The minimum absolute atomic E-state index is 0.00111. The van der Waals surface area contributed by atoms with E-state index in [2.05, 4.69) is 30.6 Å². The summed E-state index contributed by atoms with van der Waals surface area (Å²) in [5, 5.41) is 8.37. The molecule has 3 aromatic heterocycles. The molecule has 1 saturated carbocycles. The maximum atomic E-state index is 13.3. The number of fused-ring (bicyclic) bond motifs is 1. The van der Waals surface area contributed by atoms with Crippen molar-refractivity contribution in [1.82, 2.24) is 19.9 Å². The molecule has 4 aromatic rings. The van der Waals surface area contributed by atoms with Gasteiger partial charge in [-0.25, -0.2) is 32.2 Å². The Balaban J connectivity index is 1.59. The third-order valence-electron chi connectivity index (χ3n) is 5.44. The van der Waals surface area contributed by atoms with Crippen LogP contribution in [0.2, 0.25) is 0 Å². The van der Waals surface area contributed by atoms with Crippen LogP contribution in [0.5, 0.6) is 0 Å². The molecular weight excluding hydrogens is 498 g/mol. The second kappa shape index (κ2) is 8.64. The molecule has 1 aromatic carbocycles. The van der Waals surface area contributed by atoms with Crippen LogP contribution in [0, 0.1) is 12.8 Å². The second-order valence-electron chi connectivity index (χ2n) is 8.30. The zero-order valence-electron chi connectivity index (χ0n) is 18.6. The highest BCUT2D eigenvalue weighted by Gasteiger charge is 2.30. The highest BCUT2D eigenvalue weighted by molar-refractivity contribution is 7.90. The Bertz CT molecular complexity index is 1560. The number of aromatic nitrogens is 4. The molecule has 0 unspecified atom stereocenters. The fourth-order valence-electron chi connectivity index (χ4n) is 3.58. The van der Waals surface area contributed by atoms with Gasteiger partial charge < -0.3 is 15.6 Å². The minimum atomic E-state index is -3.69. The zero-order valence-corrected chi connectivity index (χ0v) is 20.2. The quantitative estimate of drug-likeness (QED) is 0.320. The van der Waals surface area contributed by atoms with Crippen molar-refractivity contribution in [3.8, 4) is 11.3 Å². The molecule has 1 amide bonds. The van der Waals surface area contributed by atoms with Crippen molar-refractivity contribution in [2.75, 3.05) is 16.9 Å². The molecule has 0 saturated heterocycles. The Kier molecular flexibility index (Phi) is 5.75. The van der Waals surface area contributed by atoms with Crippen molar-refractivity contribution in [2.24, 2.45) is 5.92 Å². The largest absolute Gasteiger partial charge is 0.352 e. The Morgan fingerprint density at radius 1 is 1.17 bits per heavy atom. The number of anilines is 3. The number of imidazole rings is 1. The van der Waals surface area contributed by atoms with Gasteiger partial charge >= 0.3 is 0 Å². The number of carbonyl (C=O) groups excluding carboxylic acids is 1. The van der Waals surface area contributed by atoms with Gasteiger partial charge in [0.25, 0.3) is 6.43 Å². The van der Waals surface area contributed by atoms with E-state index in [0.717, 1.165) is 24.1 Å². The smallest absolute Gasteiger partial charge is 0.295 e. The summed E-state index contributed by atoms with van der Waals surface area (Å²) in [6, 6.07) is 6.25. The number of thiazole rings is 1. The van der Waals surface area contributed by atoms with Gasteiger partial charge in [-0.05, 0) is 31.9 Å². The first-order chi connectivity index (χ1) is 16.6. The molecule has 0 atom stereocenters. The predicted molar refractivity (Wildman–Crippen MR) is 129 cm³/mol. The molecule has 0 aliphatic heterocycles. The number of aryl methyl sites for hydroxylation is 1. The summed E-state index contributed by atoms with van der Waals surface area (Å²) < 4.78 is 51.9. The van der Waals surface area contributed by atoms with E-state index in [1.54, 1.807) is 12.1 Å². The van der Waals surface area contributed by atoms with E-state index in [4.69, 9.17) is 0 Å². The van der Waals surface area contributed by atoms with Gasteiger partial charge in [0, 0.05) is 29.2 Å². The average molecular weight is 519 g/mol. The van der Waals surface area contributed by atoms with Crippen LogP contribution >= 0.6 is 11.3 Å². The molecule has 3 N–H and O–H groups in total. The van der Waals surface area contributed by atoms with E-state index in [0.29, 0.717) is 11.3 Å². The molecule has 35 heavy (non-hydrogen) atoms. The van der Waals surface area contributed by atoms with E-state index < -0.39 is 22.1 Å². The van der Waals surface area contributed by atoms with Crippen LogP contribution in [-0.2, 0) is 14.6 Å². The number of rotatable bonds is 7. The molecule has 1 aliphatic rings. The van der Waals surface area contributed by atoms with E-state index in [1.807, 2.05) is 12.3 Å². The molecular formula is C22H20F2N6O3S2. The first-order valence-corrected chi connectivity index (χ1v) is 13.4. The maximum Gasteiger partial charge on any atom is 0.295 e. The van der Waals surface area contributed by atoms with Gasteiger partial charge in [-0.1, -0.05) is 6.07 Å². The zero-order chi connectivity index (χ0) is 24.9. The van der Waals surface area contributed by atoms with Crippen LogP contribution < -0.4 is 10.6 Å². The summed E-state index contributed by atoms with van der Waals surface area (Å²) in [6.45, 7) is 1.85. The Labute approximate surface area is 203 Å². The molecule has 5 rings (SSSR count). The number of halogens is 2. The monoisotopic (exact) mass is 518 g/mol. The lowest BCUT2D eigenvalue weighted by molar-refractivity contribution is -0.117. The number of amides is 1. The average Bonchev–Trinajstić information content (AvgIpc) is 3.41. The highest BCUT2D eigenvalue weighted by Crippen LogP contribution is 2.35. The molecule has 9 nitrogen and oxygen atoms in total. The number of hydrogen-bond donors (Lipinski definition) is 3. The lowest BCUT2D eigenvalue weighted by Crippen LogP contribution is -2.14.